The zero-order valence-electron chi connectivity index (χ0n) is 12.8. The van der Waals surface area contributed by atoms with Gasteiger partial charge in [0.25, 0.3) is 0 Å². The Morgan fingerprint density at radius 2 is 2.14 bits per heavy atom. The third-order valence-corrected chi connectivity index (χ3v) is 4.01. The van der Waals surface area contributed by atoms with Gasteiger partial charge in [-0.25, -0.2) is 0 Å². The molecule has 0 aliphatic rings. The summed E-state index contributed by atoms with van der Waals surface area (Å²) >= 11 is 3.58. The minimum atomic E-state index is 0.318. The summed E-state index contributed by atoms with van der Waals surface area (Å²) in [5.41, 5.74) is 3.76. The highest BCUT2D eigenvalue weighted by molar-refractivity contribution is 9.10. The fourth-order valence-electron chi connectivity index (χ4n) is 2.49. The number of nitrogens with zero attached hydrogens (tertiary/aromatic N) is 2. The maximum Gasteiger partial charge on any atom is 0.0441 e. The van der Waals surface area contributed by atoms with E-state index in [1.165, 1.54) is 16.8 Å². The fraction of sp³-hybridized carbons (Fsp3) is 0.353. The number of pyridine rings is 1. The Labute approximate surface area is 135 Å². The second kappa shape index (κ2) is 7.57. The van der Waals surface area contributed by atoms with Gasteiger partial charge in [-0.1, -0.05) is 28.9 Å². The smallest absolute Gasteiger partial charge is 0.0441 e. The zero-order valence-corrected chi connectivity index (χ0v) is 14.4. The highest BCUT2D eigenvalue weighted by Crippen LogP contribution is 2.29. The Hall–Kier alpha value is -1.39. The lowest BCUT2D eigenvalue weighted by molar-refractivity contribution is 0.596. The molecule has 4 heteroatoms. The Balaban J connectivity index is 2.25. The third kappa shape index (κ3) is 4.29. The molecule has 1 atom stereocenters. The highest BCUT2D eigenvalue weighted by atomic mass is 79.9. The number of nitrogens with one attached hydrogen (secondary N) is 1. The van der Waals surface area contributed by atoms with Gasteiger partial charge >= 0.3 is 0 Å². The van der Waals surface area contributed by atoms with Crippen LogP contribution in [0.2, 0.25) is 0 Å². The van der Waals surface area contributed by atoms with Gasteiger partial charge in [-0.2, -0.15) is 0 Å². The van der Waals surface area contributed by atoms with Gasteiger partial charge in [-0.3, -0.25) is 4.98 Å². The molecule has 2 rings (SSSR count). The summed E-state index contributed by atoms with van der Waals surface area (Å²) in [6.07, 6.45) is 3.73. The zero-order chi connectivity index (χ0) is 15.2. The van der Waals surface area contributed by atoms with Crippen molar-refractivity contribution in [1.82, 2.24) is 10.3 Å². The number of hydrogen-bond acceptors (Lipinski definition) is 3. The van der Waals surface area contributed by atoms with E-state index in [4.69, 9.17) is 0 Å². The molecule has 0 aliphatic heterocycles. The number of anilines is 1. The molecule has 3 nitrogen and oxygen atoms in total. The minimum Gasteiger partial charge on any atom is -0.370 e. The monoisotopic (exact) mass is 347 g/mol. The minimum absolute atomic E-state index is 0.318. The Bertz CT molecular complexity index is 572. The summed E-state index contributed by atoms with van der Waals surface area (Å²) in [6, 6.07) is 10.9. The third-order valence-electron chi connectivity index (χ3n) is 3.52. The number of rotatable bonds is 6. The molecule has 0 fully saturated rings. The standard InChI is InChI=1S/C17H22BrN3/c1-4-20-13(2)16-10-15(18)7-8-17(16)21(3)12-14-6-5-9-19-11-14/h5-11,13,20H,4,12H2,1-3H3. The average Bonchev–Trinajstić information content (AvgIpc) is 2.48. The maximum absolute atomic E-state index is 4.19. The second-order valence-corrected chi connectivity index (χ2v) is 6.12. The van der Waals surface area contributed by atoms with Crippen molar-refractivity contribution >= 4 is 21.6 Å². The second-order valence-electron chi connectivity index (χ2n) is 5.20. The van der Waals surface area contributed by atoms with Crippen LogP contribution in [0.15, 0.2) is 47.2 Å². The van der Waals surface area contributed by atoms with Gasteiger partial charge in [-0.15, -0.1) is 0 Å². The lowest BCUT2D eigenvalue weighted by atomic mass is 10.0. The summed E-state index contributed by atoms with van der Waals surface area (Å²) in [5, 5.41) is 3.49. The van der Waals surface area contributed by atoms with Crippen LogP contribution in [0.25, 0.3) is 0 Å². The predicted octanol–water partition coefficient (Wildman–Crippen LogP) is 4.15. The first kappa shape index (κ1) is 16.0. The van der Waals surface area contributed by atoms with Crippen LogP contribution in [-0.4, -0.2) is 18.6 Å². The van der Waals surface area contributed by atoms with Crippen molar-refractivity contribution in [2.24, 2.45) is 0 Å². The molecule has 0 saturated carbocycles. The van der Waals surface area contributed by atoms with Crippen LogP contribution in [-0.2, 0) is 6.54 Å². The summed E-state index contributed by atoms with van der Waals surface area (Å²) in [6.45, 7) is 6.14. The van der Waals surface area contributed by atoms with E-state index < -0.39 is 0 Å². The molecular weight excluding hydrogens is 326 g/mol. The van der Waals surface area contributed by atoms with E-state index in [1.807, 2.05) is 18.5 Å². The lowest BCUT2D eigenvalue weighted by Crippen LogP contribution is -2.23. The van der Waals surface area contributed by atoms with E-state index >= 15 is 0 Å². The normalized spacial score (nSPS) is 12.2. The quantitative estimate of drug-likeness (QED) is 0.850. The van der Waals surface area contributed by atoms with Crippen LogP contribution in [0.4, 0.5) is 5.69 Å². The van der Waals surface area contributed by atoms with Crippen molar-refractivity contribution in [1.29, 1.82) is 0 Å². The number of hydrogen-bond donors (Lipinski definition) is 1. The van der Waals surface area contributed by atoms with Gasteiger partial charge in [0.1, 0.15) is 0 Å². The van der Waals surface area contributed by atoms with Crippen LogP contribution < -0.4 is 10.2 Å². The summed E-state index contributed by atoms with van der Waals surface area (Å²) < 4.78 is 1.11. The van der Waals surface area contributed by atoms with E-state index in [-0.39, 0.29) is 0 Å². The molecule has 0 aliphatic carbocycles. The summed E-state index contributed by atoms with van der Waals surface area (Å²) in [4.78, 5) is 6.46. The Kier molecular flexibility index (Phi) is 5.76. The van der Waals surface area contributed by atoms with Crippen molar-refractivity contribution in [2.45, 2.75) is 26.4 Å². The van der Waals surface area contributed by atoms with E-state index in [1.54, 1.807) is 0 Å². The largest absolute Gasteiger partial charge is 0.370 e. The van der Waals surface area contributed by atoms with Gasteiger partial charge in [0.15, 0.2) is 0 Å². The van der Waals surface area contributed by atoms with Gasteiger partial charge in [-0.05, 0) is 48.9 Å². The van der Waals surface area contributed by atoms with Crippen LogP contribution >= 0.6 is 15.9 Å². The topological polar surface area (TPSA) is 28.2 Å². The number of halogens is 1. The van der Waals surface area contributed by atoms with Gasteiger partial charge in [0, 0.05) is 42.2 Å². The number of benzene rings is 1. The van der Waals surface area contributed by atoms with Crippen LogP contribution in [0.3, 0.4) is 0 Å². The van der Waals surface area contributed by atoms with Crippen LogP contribution in [0.1, 0.15) is 31.0 Å². The van der Waals surface area contributed by atoms with E-state index in [9.17, 15) is 0 Å². The van der Waals surface area contributed by atoms with E-state index in [0.29, 0.717) is 6.04 Å². The fourth-order valence-corrected chi connectivity index (χ4v) is 2.87. The van der Waals surface area contributed by atoms with E-state index in [0.717, 1.165) is 17.6 Å². The maximum atomic E-state index is 4.19. The molecule has 21 heavy (non-hydrogen) atoms. The number of aromatic nitrogens is 1. The molecule has 1 aromatic heterocycles. The summed E-state index contributed by atoms with van der Waals surface area (Å²) in [5.74, 6) is 0. The van der Waals surface area contributed by atoms with Crippen molar-refractivity contribution in [3.05, 3.63) is 58.3 Å². The summed E-state index contributed by atoms with van der Waals surface area (Å²) in [7, 11) is 2.12. The SMILES string of the molecule is CCNC(C)c1cc(Br)ccc1N(C)Cc1cccnc1. The molecule has 0 bridgehead atoms. The molecule has 1 N–H and O–H groups in total. The molecule has 0 saturated heterocycles. The lowest BCUT2D eigenvalue weighted by Gasteiger charge is -2.26. The molecule has 1 heterocycles. The molecule has 0 radical (unpaired) electrons. The van der Waals surface area contributed by atoms with Gasteiger partial charge < -0.3 is 10.2 Å². The first-order chi connectivity index (χ1) is 10.1. The van der Waals surface area contributed by atoms with Crippen molar-refractivity contribution in [3.8, 4) is 0 Å². The van der Waals surface area contributed by atoms with Crippen molar-refractivity contribution in [2.75, 3.05) is 18.5 Å². The first-order valence-corrected chi connectivity index (χ1v) is 8.04. The molecule has 112 valence electrons. The Morgan fingerprint density at radius 1 is 1.33 bits per heavy atom. The average molecular weight is 348 g/mol. The molecular formula is C17H22BrN3. The van der Waals surface area contributed by atoms with E-state index in [2.05, 4.69) is 76.3 Å². The van der Waals surface area contributed by atoms with Crippen molar-refractivity contribution < 1.29 is 0 Å². The first-order valence-electron chi connectivity index (χ1n) is 7.24. The Morgan fingerprint density at radius 3 is 2.81 bits per heavy atom. The van der Waals surface area contributed by atoms with Crippen LogP contribution in [0, 0.1) is 0 Å². The van der Waals surface area contributed by atoms with Crippen LogP contribution in [0.5, 0.6) is 0 Å². The van der Waals surface area contributed by atoms with Gasteiger partial charge in [0.2, 0.25) is 0 Å². The predicted molar refractivity (Wildman–Crippen MR) is 92.6 cm³/mol. The molecule has 0 amide bonds. The van der Waals surface area contributed by atoms with Crippen molar-refractivity contribution in [3.63, 3.8) is 0 Å². The molecule has 2 aromatic rings. The molecule has 0 spiro atoms. The molecule has 1 aromatic carbocycles. The van der Waals surface area contributed by atoms with Gasteiger partial charge in [0.05, 0.1) is 0 Å². The molecule has 1 unspecified atom stereocenters. The highest BCUT2D eigenvalue weighted by Gasteiger charge is 2.13.